The number of nitrogens with zero attached hydrogens (tertiary/aromatic N) is 1. The molecule has 0 radical (unpaired) electrons. The molecule has 3 amide bonds. The number of amides is 3. The van der Waals surface area contributed by atoms with Crippen molar-refractivity contribution >= 4 is 17.6 Å². The van der Waals surface area contributed by atoms with E-state index in [1.54, 1.807) is 6.20 Å². The monoisotopic (exact) mass is 442 g/mol. The smallest absolute Gasteiger partial charge is 0.315 e. The van der Waals surface area contributed by atoms with E-state index in [4.69, 9.17) is 0 Å². The van der Waals surface area contributed by atoms with Gasteiger partial charge in [0, 0.05) is 36.0 Å². The summed E-state index contributed by atoms with van der Waals surface area (Å²) in [5.41, 5.74) is 2.17. The van der Waals surface area contributed by atoms with Crippen molar-refractivity contribution in [3.8, 4) is 11.8 Å². The van der Waals surface area contributed by atoms with E-state index in [9.17, 15) is 9.59 Å². The highest BCUT2D eigenvalue weighted by Crippen LogP contribution is 2.55. The van der Waals surface area contributed by atoms with Gasteiger partial charge in [-0.15, -0.1) is 0 Å². The Kier molecular flexibility index (Phi) is 6.04. The van der Waals surface area contributed by atoms with Crippen LogP contribution in [0.4, 0.5) is 10.5 Å². The zero-order valence-electron chi connectivity index (χ0n) is 18.8. The van der Waals surface area contributed by atoms with Crippen molar-refractivity contribution in [2.75, 3.05) is 11.9 Å². The predicted molar refractivity (Wildman–Crippen MR) is 127 cm³/mol. The van der Waals surface area contributed by atoms with E-state index >= 15 is 0 Å². The van der Waals surface area contributed by atoms with E-state index in [-0.39, 0.29) is 23.9 Å². The van der Waals surface area contributed by atoms with Gasteiger partial charge in [0.15, 0.2) is 0 Å². The fourth-order valence-electron chi connectivity index (χ4n) is 6.31. The fourth-order valence-corrected chi connectivity index (χ4v) is 6.31. The van der Waals surface area contributed by atoms with Gasteiger partial charge in [0.05, 0.1) is 0 Å². The van der Waals surface area contributed by atoms with Crippen molar-refractivity contribution in [2.45, 2.75) is 50.5 Å². The minimum atomic E-state index is -0.142. The van der Waals surface area contributed by atoms with Crippen molar-refractivity contribution in [1.29, 1.82) is 0 Å². The van der Waals surface area contributed by atoms with Gasteiger partial charge in [0.2, 0.25) is 5.91 Å². The van der Waals surface area contributed by atoms with Crippen molar-refractivity contribution < 1.29 is 9.59 Å². The maximum Gasteiger partial charge on any atom is 0.315 e. The van der Waals surface area contributed by atoms with Crippen LogP contribution >= 0.6 is 0 Å². The number of rotatable bonds is 5. The maximum absolute atomic E-state index is 12.5. The number of hydrogen-bond acceptors (Lipinski definition) is 3. The average molecular weight is 443 g/mol. The Hall–Kier alpha value is -3.33. The lowest BCUT2D eigenvalue weighted by atomic mass is 9.53. The third kappa shape index (κ3) is 5.36. The predicted octanol–water partition coefficient (Wildman–Crippen LogP) is 4.08. The molecule has 4 saturated carbocycles. The normalized spacial score (nSPS) is 26.7. The molecule has 0 spiro atoms. The van der Waals surface area contributed by atoms with Crippen LogP contribution in [0.15, 0.2) is 48.7 Å². The second-order valence-electron chi connectivity index (χ2n) is 9.92. The zero-order chi connectivity index (χ0) is 22.7. The summed E-state index contributed by atoms with van der Waals surface area (Å²) in [6.07, 6.45) is 9.32. The molecule has 0 unspecified atom stereocenters. The number of carbonyl (C=O) groups excluding carboxylic acids is 2. The van der Waals surface area contributed by atoms with E-state index in [2.05, 4.69) is 32.8 Å². The zero-order valence-corrected chi connectivity index (χ0v) is 18.8. The Morgan fingerprint density at radius 3 is 2.42 bits per heavy atom. The fraction of sp³-hybridized carbons (Fsp3) is 0.444. The molecule has 170 valence electrons. The van der Waals surface area contributed by atoms with Crippen LogP contribution in [-0.2, 0) is 4.79 Å². The van der Waals surface area contributed by atoms with Gasteiger partial charge in [0.1, 0.15) is 5.69 Å². The molecule has 2 aromatic rings. The third-order valence-corrected chi connectivity index (χ3v) is 7.20. The van der Waals surface area contributed by atoms with Gasteiger partial charge in [-0.3, -0.25) is 4.79 Å². The number of nitrogens with one attached hydrogen (secondary N) is 3. The Balaban J connectivity index is 1.08. The lowest BCUT2D eigenvalue weighted by Gasteiger charge is -2.56. The van der Waals surface area contributed by atoms with E-state index in [0.717, 1.165) is 42.6 Å². The molecule has 4 bridgehead atoms. The standard InChI is InChI=1S/C27H30N4O2/c32-25(30-24-6-3-4-19(15-24)7-8-23-5-1-2-10-28-23)9-11-29-26(33)31-27-16-20-12-21(17-27)14-22(13-20)18-27/h1-6,10,15,20-22H,9,11-14,16-18H2,(H,30,32)(H2,29,31,33). The molecule has 1 heterocycles. The molecule has 0 saturated heterocycles. The van der Waals surface area contributed by atoms with Crippen molar-refractivity contribution in [2.24, 2.45) is 17.8 Å². The van der Waals surface area contributed by atoms with Crippen LogP contribution in [0, 0.1) is 29.6 Å². The summed E-state index contributed by atoms with van der Waals surface area (Å²) in [4.78, 5) is 29.1. The molecule has 33 heavy (non-hydrogen) atoms. The lowest BCUT2D eigenvalue weighted by Crippen LogP contribution is -2.61. The highest BCUT2D eigenvalue weighted by atomic mass is 16.2. The average Bonchev–Trinajstić information content (AvgIpc) is 2.77. The Labute approximate surface area is 195 Å². The number of carbonyl (C=O) groups is 2. The molecule has 0 aliphatic heterocycles. The SMILES string of the molecule is O=C(CCNC(=O)NC12CC3CC(CC(C3)C1)C2)Nc1cccc(C#Cc2ccccn2)c1. The molecule has 6 nitrogen and oxygen atoms in total. The van der Waals surface area contributed by atoms with Crippen LogP contribution in [-0.4, -0.2) is 29.0 Å². The van der Waals surface area contributed by atoms with Gasteiger partial charge in [0.25, 0.3) is 0 Å². The first kappa shape index (κ1) is 21.5. The molecule has 6 rings (SSSR count). The number of pyridine rings is 1. The molecular weight excluding hydrogens is 412 g/mol. The van der Waals surface area contributed by atoms with Crippen LogP contribution in [0.1, 0.15) is 56.2 Å². The van der Waals surface area contributed by atoms with Gasteiger partial charge < -0.3 is 16.0 Å². The summed E-state index contributed by atoms with van der Waals surface area (Å²) >= 11 is 0. The second-order valence-corrected chi connectivity index (χ2v) is 9.92. The number of hydrogen-bond donors (Lipinski definition) is 3. The van der Waals surface area contributed by atoms with Crippen LogP contribution < -0.4 is 16.0 Å². The first-order chi connectivity index (χ1) is 16.1. The Morgan fingerprint density at radius 2 is 1.73 bits per heavy atom. The summed E-state index contributed by atoms with van der Waals surface area (Å²) in [7, 11) is 0. The quantitative estimate of drug-likeness (QED) is 0.610. The van der Waals surface area contributed by atoms with E-state index in [1.807, 2.05) is 42.5 Å². The molecule has 1 aromatic heterocycles. The van der Waals surface area contributed by atoms with Crippen LogP contribution in [0.3, 0.4) is 0 Å². The third-order valence-electron chi connectivity index (χ3n) is 7.20. The molecule has 4 aliphatic carbocycles. The van der Waals surface area contributed by atoms with Crippen LogP contribution in [0.5, 0.6) is 0 Å². The lowest BCUT2D eigenvalue weighted by molar-refractivity contribution is -0.116. The highest BCUT2D eigenvalue weighted by molar-refractivity contribution is 5.91. The van der Waals surface area contributed by atoms with Gasteiger partial charge >= 0.3 is 6.03 Å². The molecule has 4 fully saturated rings. The van der Waals surface area contributed by atoms with Crippen LogP contribution in [0.2, 0.25) is 0 Å². The summed E-state index contributed by atoms with van der Waals surface area (Å²) in [6, 6.07) is 12.9. The molecule has 1 aromatic carbocycles. The first-order valence-corrected chi connectivity index (χ1v) is 11.9. The molecule has 0 atom stereocenters. The number of urea groups is 1. The summed E-state index contributed by atoms with van der Waals surface area (Å²) in [5.74, 6) is 8.29. The summed E-state index contributed by atoms with van der Waals surface area (Å²) in [6.45, 7) is 0.309. The molecular formula is C27H30N4O2. The van der Waals surface area contributed by atoms with Crippen molar-refractivity contribution in [3.63, 3.8) is 0 Å². The minimum absolute atomic E-state index is 0.0160. The summed E-state index contributed by atoms with van der Waals surface area (Å²) in [5, 5.41) is 9.05. The molecule has 3 N–H and O–H groups in total. The maximum atomic E-state index is 12.5. The minimum Gasteiger partial charge on any atom is -0.338 e. The largest absolute Gasteiger partial charge is 0.338 e. The van der Waals surface area contributed by atoms with E-state index in [0.29, 0.717) is 17.9 Å². The van der Waals surface area contributed by atoms with Gasteiger partial charge in [-0.2, -0.15) is 0 Å². The molecule has 6 heteroatoms. The van der Waals surface area contributed by atoms with Crippen molar-refractivity contribution in [3.05, 3.63) is 59.9 Å². The van der Waals surface area contributed by atoms with E-state index < -0.39 is 0 Å². The topological polar surface area (TPSA) is 83.1 Å². The molecule has 4 aliphatic rings. The Morgan fingerprint density at radius 1 is 0.970 bits per heavy atom. The number of benzene rings is 1. The van der Waals surface area contributed by atoms with Gasteiger partial charge in [-0.05, 0) is 92.5 Å². The van der Waals surface area contributed by atoms with E-state index in [1.165, 1.54) is 19.3 Å². The number of aromatic nitrogens is 1. The Bertz CT molecular complexity index is 1050. The highest BCUT2D eigenvalue weighted by Gasteiger charge is 2.51. The van der Waals surface area contributed by atoms with Gasteiger partial charge in [-0.1, -0.05) is 18.1 Å². The van der Waals surface area contributed by atoms with Gasteiger partial charge in [-0.25, -0.2) is 9.78 Å². The van der Waals surface area contributed by atoms with Crippen LogP contribution in [0.25, 0.3) is 0 Å². The van der Waals surface area contributed by atoms with Crippen molar-refractivity contribution in [1.82, 2.24) is 15.6 Å². The number of anilines is 1. The summed E-state index contributed by atoms with van der Waals surface area (Å²) < 4.78 is 0. The first-order valence-electron chi connectivity index (χ1n) is 11.9. The second kappa shape index (κ2) is 9.27.